The lowest BCUT2D eigenvalue weighted by molar-refractivity contribution is -0.149. The Morgan fingerprint density at radius 1 is 0.611 bits per heavy atom. The smallest absolute Gasteiger partial charge is 0.328 e. The molecule has 2 aliphatic rings. The molecule has 29 heteroatoms. The number of carboxylic acids is 1. The van der Waals surface area contributed by atoms with E-state index in [1.807, 2.05) is 0 Å². The van der Waals surface area contributed by atoms with Gasteiger partial charge in [0, 0.05) is 32.5 Å². The largest absolute Gasteiger partial charge is 0.480 e. The van der Waals surface area contributed by atoms with Crippen LogP contribution < -0.4 is 60.6 Å². The minimum atomic E-state index is -1.83. The molecule has 0 unspecified atom stereocenters. The summed E-state index contributed by atoms with van der Waals surface area (Å²) in [7, 11) is 0. The number of aliphatic carboxylic acids is 1. The maximum absolute atomic E-state index is 14.3. The second-order valence-electron chi connectivity index (χ2n) is 18.3. The highest BCUT2D eigenvalue weighted by molar-refractivity contribution is 5.98. The van der Waals surface area contributed by atoms with Gasteiger partial charge >= 0.3 is 5.97 Å². The van der Waals surface area contributed by atoms with Crippen molar-refractivity contribution in [2.75, 3.05) is 26.2 Å². The lowest BCUT2D eigenvalue weighted by atomic mass is 10.0. The zero-order valence-corrected chi connectivity index (χ0v) is 41.0. The first-order chi connectivity index (χ1) is 33.7. The molecule has 72 heavy (non-hydrogen) atoms. The number of aliphatic imine (C=N–C) groups is 1. The zero-order chi connectivity index (χ0) is 54.6. The first kappa shape index (κ1) is 61.4. The van der Waals surface area contributed by atoms with Crippen molar-refractivity contribution in [1.82, 2.24) is 41.7 Å². The van der Waals surface area contributed by atoms with Gasteiger partial charge in [0.2, 0.25) is 59.1 Å². The molecule has 0 spiro atoms. The molecular weight excluding hydrogens is 953 g/mol. The summed E-state index contributed by atoms with van der Waals surface area (Å²) in [6.07, 6.45) is -3.25. The Hall–Kier alpha value is -6.72. The maximum atomic E-state index is 14.3. The van der Waals surface area contributed by atoms with Gasteiger partial charge in [-0.05, 0) is 77.6 Å². The molecule has 0 aromatic carbocycles. The number of aliphatic hydroxyl groups is 3. The molecule has 0 aromatic heterocycles. The number of nitrogens with one attached hydrogen (secondary N) is 6. The lowest BCUT2D eigenvalue weighted by Crippen LogP contribution is -2.62. The van der Waals surface area contributed by atoms with Crippen LogP contribution in [0.25, 0.3) is 0 Å². The Morgan fingerprint density at radius 2 is 1.11 bits per heavy atom. The van der Waals surface area contributed by atoms with Gasteiger partial charge in [-0.25, -0.2) is 4.79 Å². The van der Waals surface area contributed by atoms with Crippen molar-refractivity contribution in [3.05, 3.63) is 0 Å². The summed E-state index contributed by atoms with van der Waals surface area (Å²) in [6, 6.07) is -13.1. The summed E-state index contributed by atoms with van der Waals surface area (Å²) in [5.41, 5.74) is 27.1. The molecule has 2 saturated heterocycles. The number of hydrogen-bond acceptors (Lipinski definition) is 16. The average molecular weight is 1030 g/mol. The molecule has 0 saturated carbocycles. The summed E-state index contributed by atoms with van der Waals surface area (Å²) in [6.45, 7) is 4.94. The quantitative estimate of drug-likeness (QED) is 0.0181. The molecule has 20 N–H and O–H groups in total. The van der Waals surface area contributed by atoms with E-state index in [0.29, 0.717) is 12.8 Å². The highest BCUT2D eigenvalue weighted by atomic mass is 16.4. The second-order valence-corrected chi connectivity index (χ2v) is 18.3. The molecule has 11 atom stereocenters. The summed E-state index contributed by atoms with van der Waals surface area (Å²) in [5, 5.41) is 54.5. The van der Waals surface area contributed by atoms with E-state index < -0.39 is 145 Å². The first-order valence-corrected chi connectivity index (χ1v) is 23.7. The van der Waals surface area contributed by atoms with Gasteiger partial charge in [0.1, 0.15) is 42.3 Å². The number of carbonyl (C=O) groups excluding carboxylic acids is 10. The lowest BCUT2D eigenvalue weighted by Gasteiger charge is -2.34. The molecule has 0 radical (unpaired) electrons. The SMILES string of the molecule is CC(C)C[C@H](NC(=O)[C@@H](NC(=O)[C@H](CO)NC(=O)[C@H](CCCN=C(N)N)NC(=O)[C@H](CCC(N)=O)NC(=O)[C@@H](N)CCC(N)=O)[C@@H](C)O)C(=O)N1CCC[C@H]1C(=O)N1CCC[C@H]1C(=O)N[C@H](C(=O)O)[C@@H](C)O. The van der Waals surface area contributed by atoms with Crippen LogP contribution in [0.2, 0.25) is 0 Å². The van der Waals surface area contributed by atoms with Gasteiger partial charge in [-0.3, -0.25) is 52.9 Å². The fourth-order valence-corrected chi connectivity index (χ4v) is 8.01. The molecule has 0 aromatic rings. The molecule has 10 amide bonds. The number of carboxylic acid groups (broad SMARTS) is 1. The number of nitrogens with two attached hydrogens (primary N) is 5. The van der Waals surface area contributed by atoms with E-state index in [2.05, 4.69) is 36.9 Å². The van der Waals surface area contributed by atoms with E-state index in [4.69, 9.17) is 28.7 Å². The third-order valence-electron chi connectivity index (χ3n) is 11.8. The van der Waals surface area contributed by atoms with Crippen LogP contribution in [0.3, 0.4) is 0 Å². The molecule has 406 valence electrons. The number of carbonyl (C=O) groups is 11. The predicted octanol–water partition coefficient (Wildman–Crippen LogP) is -7.33. The number of guanidine groups is 1. The predicted molar refractivity (Wildman–Crippen MR) is 253 cm³/mol. The van der Waals surface area contributed by atoms with Crippen molar-refractivity contribution >= 4 is 71.0 Å². The van der Waals surface area contributed by atoms with Crippen LogP contribution in [0.1, 0.15) is 98.3 Å². The van der Waals surface area contributed by atoms with Crippen molar-refractivity contribution in [2.45, 2.75) is 165 Å². The zero-order valence-electron chi connectivity index (χ0n) is 41.0. The van der Waals surface area contributed by atoms with Crippen LogP contribution in [-0.2, 0) is 52.7 Å². The summed E-state index contributed by atoms with van der Waals surface area (Å²) < 4.78 is 0. The molecule has 29 nitrogen and oxygen atoms in total. The van der Waals surface area contributed by atoms with Crippen molar-refractivity contribution in [3.63, 3.8) is 0 Å². The van der Waals surface area contributed by atoms with Crippen LogP contribution in [0.15, 0.2) is 4.99 Å². The summed E-state index contributed by atoms with van der Waals surface area (Å²) in [5.74, 6) is -10.9. The molecule has 0 bridgehead atoms. The monoisotopic (exact) mass is 1030 g/mol. The van der Waals surface area contributed by atoms with E-state index >= 15 is 0 Å². The van der Waals surface area contributed by atoms with Crippen molar-refractivity contribution in [1.29, 1.82) is 0 Å². The van der Waals surface area contributed by atoms with Gasteiger partial charge < -0.3 is 90.8 Å². The van der Waals surface area contributed by atoms with Gasteiger partial charge in [-0.2, -0.15) is 0 Å². The highest BCUT2D eigenvalue weighted by Gasteiger charge is 2.45. The Balaban J connectivity index is 2.30. The van der Waals surface area contributed by atoms with Crippen LogP contribution in [-0.4, -0.2) is 194 Å². The third-order valence-corrected chi connectivity index (χ3v) is 11.8. The summed E-state index contributed by atoms with van der Waals surface area (Å²) in [4.78, 5) is 150. The van der Waals surface area contributed by atoms with Gasteiger partial charge in [0.15, 0.2) is 12.0 Å². The Bertz CT molecular complexity index is 1980. The van der Waals surface area contributed by atoms with E-state index in [1.165, 1.54) is 16.7 Å². The number of aliphatic hydroxyl groups excluding tert-OH is 3. The third kappa shape index (κ3) is 19.5. The van der Waals surface area contributed by atoms with Crippen molar-refractivity contribution < 1.29 is 73.2 Å². The number of nitrogens with zero attached hydrogens (tertiary/aromatic N) is 3. The van der Waals surface area contributed by atoms with E-state index in [1.54, 1.807) is 13.8 Å². The van der Waals surface area contributed by atoms with Crippen molar-refractivity contribution in [2.24, 2.45) is 39.6 Å². The average Bonchev–Trinajstić information content (AvgIpc) is 4.00. The first-order valence-electron chi connectivity index (χ1n) is 23.7. The molecule has 2 rings (SSSR count). The second kappa shape index (κ2) is 29.6. The number of primary amides is 2. The van der Waals surface area contributed by atoms with Crippen LogP contribution >= 0.6 is 0 Å². The number of rotatable bonds is 30. The normalized spacial score (nSPS) is 19.2. The van der Waals surface area contributed by atoms with Gasteiger partial charge in [-0.1, -0.05) is 13.8 Å². The Morgan fingerprint density at radius 3 is 1.64 bits per heavy atom. The van der Waals surface area contributed by atoms with Crippen LogP contribution in [0.5, 0.6) is 0 Å². The minimum Gasteiger partial charge on any atom is -0.480 e. The molecule has 0 aliphatic carbocycles. The standard InChI is InChI=1S/C43H74N14O15/c1-20(2)18-26(40(69)57-17-7-10-29(57)41(70)56-16-6-9-28(56)38(67)55-33(22(4)60)42(71)72)52-39(68)32(21(3)59)54-37(66)27(19-58)53-35(64)24(8-5-15-49-43(47)48)51-36(65)25(12-14-31(46)62)50-34(63)23(44)11-13-30(45)61/h20-29,32-33,58-60H,5-19,44H2,1-4H3,(H2,45,61)(H2,46,62)(H,50,63)(H,51,65)(H,52,68)(H,53,64)(H,54,66)(H,55,67)(H,71,72)(H4,47,48,49)/t21-,22-,23+,24+,25+,26+,27+,28+,29+,32+,33+/m1/s1. The Kier molecular flexibility index (Phi) is 25.2. The molecular formula is C43H74N14O15. The molecule has 2 fully saturated rings. The highest BCUT2D eigenvalue weighted by Crippen LogP contribution is 2.27. The van der Waals surface area contributed by atoms with E-state index in [0.717, 1.165) is 6.92 Å². The molecule has 2 aliphatic heterocycles. The minimum absolute atomic E-state index is 0.0217. The van der Waals surface area contributed by atoms with Gasteiger partial charge in [0.25, 0.3) is 0 Å². The molecule has 2 heterocycles. The number of hydrogen-bond donors (Lipinski definition) is 15. The number of amides is 10. The van der Waals surface area contributed by atoms with E-state index in [9.17, 15) is 73.2 Å². The van der Waals surface area contributed by atoms with Gasteiger partial charge in [-0.15, -0.1) is 0 Å². The summed E-state index contributed by atoms with van der Waals surface area (Å²) >= 11 is 0. The van der Waals surface area contributed by atoms with E-state index in [-0.39, 0.29) is 82.9 Å². The van der Waals surface area contributed by atoms with Crippen LogP contribution in [0, 0.1) is 5.92 Å². The Labute approximate surface area is 415 Å². The fourth-order valence-electron chi connectivity index (χ4n) is 8.01. The topological polar surface area (TPSA) is 490 Å². The van der Waals surface area contributed by atoms with Gasteiger partial charge in [0.05, 0.1) is 24.9 Å². The number of likely N-dealkylation sites (tertiary alicyclic amines) is 2. The maximum Gasteiger partial charge on any atom is 0.328 e. The fraction of sp³-hybridized carbons (Fsp3) is 0.721. The van der Waals surface area contributed by atoms with Crippen molar-refractivity contribution in [3.8, 4) is 0 Å². The van der Waals surface area contributed by atoms with Crippen LogP contribution in [0.4, 0.5) is 0 Å².